The van der Waals surface area contributed by atoms with Gasteiger partial charge in [-0.15, -0.1) is 0 Å². The number of rotatable bonds is 4. The number of amides is 2. The highest BCUT2D eigenvalue weighted by Gasteiger charge is 2.57. The maximum atomic E-state index is 13.7. The second-order valence-corrected chi connectivity index (χ2v) is 10.2. The molecule has 1 aromatic carbocycles. The van der Waals surface area contributed by atoms with Gasteiger partial charge in [-0.1, -0.05) is 26.0 Å². The molecule has 4 aliphatic rings. The summed E-state index contributed by atoms with van der Waals surface area (Å²) >= 11 is 0. The van der Waals surface area contributed by atoms with Gasteiger partial charge in [-0.25, -0.2) is 9.59 Å². The number of anilines is 1. The predicted molar refractivity (Wildman–Crippen MR) is 122 cm³/mol. The Kier molecular flexibility index (Phi) is 4.53. The van der Waals surface area contributed by atoms with Crippen molar-refractivity contribution in [3.63, 3.8) is 0 Å². The molecule has 8 heteroatoms. The fourth-order valence-corrected chi connectivity index (χ4v) is 5.72. The summed E-state index contributed by atoms with van der Waals surface area (Å²) in [4.78, 5) is 45.9. The molecule has 2 atom stereocenters. The van der Waals surface area contributed by atoms with Crippen molar-refractivity contribution in [3.8, 4) is 0 Å². The van der Waals surface area contributed by atoms with E-state index in [2.05, 4.69) is 18.8 Å². The number of hydrogen-bond donors (Lipinski definition) is 0. The summed E-state index contributed by atoms with van der Waals surface area (Å²) in [5.41, 5.74) is 1.76. The van der Waals surface area contributed by atoms with E-state index in [0.29, 0.717) is 31.7 Å². The first kappa shape index (κ1) is 21.1. The number of fused-ring (bicyclic) bond motifs is 2. The molecule has 6 rings (SSSR count). The third-order valence-corrected chi connectivity index (χ3v) is 7.87. The first-order valence-electron chi connectivity index (χ1n) is 11.9. The van der Waals surface area contributed by atoms with Crippen LogP contribution in [0.5, 0.6) is 0 Å². The predicted octanol–water partition coefficient (Wildman–Crippen LogP) is 3.39. The quantitative estimate of drug-likeness (QED) is 0.649. The third-order valence-electron chi connectivity index (χ3n) is 7.87. The maximum absolute atomic E-state index is 13.7. The van der Waals surface area contributed by atoms with Gasteiger partial charge in [0.05, 0.1) is 23.6 Å². The Morgan fingerprint density at radius 3 is 2.59 bits per heavy atom. The van der Waals surface area contributed by atoms with Crippen molar-refractivity contribution in [2.24, 2.45) is 5.92 Å². The average Bonchev–Trinajstić information content (AvgIpc) is 3.27. The Bertz CT molecular complexity index is 1190. The van der Waals surface area contributed by atoms with Crippen molar-refractivity contribution < 1.29 is 23.9 Å². The normalized spacial score (nSPS) is 26.7. The number of likely N-dealkylation sites (tertiary alicyclic amines) is 1. The number of carbonyl (C=O) groups excluding carboxylic acids is 3. The minimum Gasteiger partial charge on any atom is -0.449 e. The minimum absolute atomic E-state index is 0.00264. The van der Waals surface area contributed by atoms with E-state index in [1.54, 1.807) is 17.3 Å². The number of benzene rings is 1. The fraction of sp³-hybridized carbons (Fsp3) is 0.462. The molecule has 0 radical (unpaired) electrons. The molecule has 0 N–H and O–H groups in total. The van der Waals surface area contributed by atoms with Crippen molar-refractivity contribution in [3.05, 3.63) is 59.4 Å². The summed E-state index contributed by atoms with van der Waals surface area (Å²) in [5.74, 6) is -0.0128. The van der Waals surface area contributed by atoms with Gasteiger partial charge < -0.3 is 14.4 Å². The van der Waals surface area contributed by atoms with Gasteiger partial charge >= 0.3 is 12.1 Å². The lowest BCUT2D eigenvalue weighted by molar-refractivity contribution is -0.134. The van der Waals surface area contributed by atoms with Gasteiger partial charge in [-0.3, -0.25) is 14.7 Å². The second-order valence-electron chi connectivity index (χ2n) is 10.2. The summed E-state index contributed by atoms with van der Waals surface area (Å²) in [7, 11) is 0. The highest BCUT2D eigenvalue weighted by Crippen LogP contribution is 2.52. The molecule has 1 saturated carbocycles. The van der Waals surface area contributed by atoms with Crippen LogP contribution in [0.4, 0.5) is 10.5 Å². The summed E-state index contributed by atoms with van der Waals surface area (Å²) in [5, 5.41) is 0. The molecule has 1 spiro atoms. The van der Waals surface area contributed by atoms with Crippen LogP contribution in [0.2, 0.25) is 0 Å². The number of nitrogens with zero attached hydrogens (tertiary/aromatic N) is 3. The van der Waals surface area contributed by atoms with Crippen LogP contribution in [0, 0.1) is 5.92 Å². The molecule has 2 saturated heterocycles. The molecule has 8 nitrogen and oxygen atoms in total. The first-order chi connectivity index (χ1) is 16.3. The lowest BCUT2D eigenvalue weighted by Gasteiger charge is -2.27. The van der Waals surface area contributed by atoms with Crippen LogP contribution in [0.15, 0.2) is 42.7 Å². The van der Waals surface area contributed by atoms with Crippen molar-refractivity contribution in [1.29, 1.82) is 0 Å². The topological polar surface area (TPSA) is 89.0 Å². The van der Waals surface area contributed by atoms with E-state index in [4.69, 9.17) is 9.47 Å². The number of carbonyl (C=O) groups is 3. The summed E-state index contributed by atoms with van der Waals surface area (Å²) in [6, 6.07) is 9.59. The molecule has 3 aliphatic heterocycles. The van der Waals surface area contributed by atoms with Crippen molar-refractivity contribution in [1.82, 2.24) is 9.88 Å². The monoisotopic (exact) mass is 461 g/mol. The molecule has 2 amide bonds. The Hall–Kier alpha value is -3.42. The molecule has 4 heterocycles. The zero-order chi connectivity index (χ0) is 23.7. The third kappa shape index (κ3) is 2.97. The zero-order valence-electron chi connectivity index (χ0n) is 19.3. The average molecular weight is 462 g/mol. The summed E-state index contributed by atoms with van der Waals surface area (Å²) in [6.07, 6.45) is 5.04. The van der Waals surface area contributed by atoms with E-state index in [0.717, 1.165) is 29.7 Å². The van der Waals surface area contributed by atoms with Gasteiger partial charge in [0.1, 0.15) is 6.61 Å². The van der Waals surface area contributed by atoms with E-state index in [1.165, 1.54) is 0 Å². The van der Waals surface area contributed by atoms with Gasteiger partial charge in [0, 0.05) is 36.6 Å². The Morgan fingerprint density at radius 1 is 1.12 bits per heavy atom. The maximum Gasteiger partial charge on any atom is 0.414 e. The molecular weight excluding hydrogens is 434 g/mol. The van der Waals surface area contributed by atoms with Crippen molar-refractivity contribution in [2.45, 2.75) is 50.2 Å². The van der Waals surface area contributed by atoms with Crippen molar-refractivity contribution >= 4 is 23.7 Å². The molecule has 3 fully saturated rings. The van der Waals surface area contributed by atoms with Gasteiger partial charge in [-0.05, 0) is 42.5 Å². The van der Waals surface area contributed by atoms with Gasteiger partial charge in [0.25, 0.3) is 0 Å². The lowest BCUT2D eigenvalue weighted by Crippen LogP contribution is -2.40. The zero-order valence-corrected chi connectivity index (χ0v) is 19.3. The Balaban J connectivity index is 1.22. The minimum atomic E-state index is -0.771. The number of hydrogen-bond acceptors (Lipinski definition) is 6. The molecule has 1 aromatic heterocycles. The molecule has 0 bridgehead atoms. The number of aromatic nitrogens is 1. The van der Waals surface area contributed by atoms with Crippen LogP contribution >= 0.6 is 0 Å². The van der Waals surface area contributed by atoms with Gasteiger partial charge in [0.15, 0.2) is 5.60 Å². The number of esters is 1. The largest absolute Gasteiger partial charge is 0.449 e. The Labute approximate surface area is 197 Å². The molecule has 2 unspecified atom stereocenters. The molecule has 1 aliphatic carbocycles. The summed E-state index contributed by atoms with van der Waals surface area (Å²) in [6.45, 7) is 5.45. The lowest BCUT2D eigenvalue weighted by atomic mass is 9.92. The Morgan fingerprint density at radius 2 is 1.88 bits per heavy atom. The van der Waals surface area contributed by atoms with E-state index < -0.39 is 11.0 Å². The SMILES string of the molecule is CC(C)C1COC(=O)N1c1ccc(C2(C(=O)N3CCC4(C3)OC(=O)c3cnccc34)CC2)cc1. The van der Waals surface area contributed by atoms with Crippen molar-refractivity contribution in [2.75, 3.05) is 24.6 Å². The van der Waals surface area contributed by atoms with E-state index in [-0.39, 0.29) is 29.9 Å². The smallest absolute Gasteiger partial charge is 0.414 e. The molecule has 34 heavy (non-hydrogen) atoms. The van der Waals surface area contributed by atoms with E-state index in [9.17, 15) is 14.4 Å². The summed E-state index contributed by atoms with van der Waals surface area (Å²) < 4.78 is 11.1. The number of cyclic esters (lactones) is 1. The molecule has 2 aromatic rings. The number of pyridine rings is 1. The van der Waals surface area contributed by atoms with Crippen LogP contribution in [0.25, 0.3) is 0 Å². The van der Waals surface area contributed by atoms with Crippen LogP contribution < -0.4 is 4.90 Å². The molecular formula is C26H27N3O5. The number of ether oxygens (including phenoxy) is 2. The van der Waals surface area contributed by atoms with Gasteiger partial charge in [0.2, 0.25) is 5.91 Å². The standard InChI is InChI=1S/C26H27N3O5/c1-16(2)21-14-33-24(32)29(21)18-5-3-17(4-6-18)25(8-9-25)23(31)28-12-10-26(15-28)20-7-11-27-13-19(20)22(30)34-26/h3-7,11,13,16,21H,8-10,12,14-15H2,1-2H3. The fourth-order valence-electron chi connectivity index (χ4n) is 5.72. The second kappa shape index (κ2) is 7.29. The molecule has 176 valence electrons. The van der Waals surface area contributed by atoms with Crippen LogP contribution in [0.3, 0.4) is 0 Å². The van der Waals surface area contributed by atoms with E-state index >= 15 is 0 Å². The van der Waals surface area contributed by atoms with Crippen LogP contribution in [-0.4, -0.2) is 53.6 Å². The van der Waals surface area contributed by atoms with E-state index in [1.807, 2.05) is 35.2 Å². The van der Waals surface area contributed by atoms with Gasteiger partial charge in [-0.2, -0.15) is 0 Å². The van der Waals surface area contributed by atoms with Crippen LogP contribution in [-0.2, 0) is 25.3 Å². The first-order valence-corrected chi connectivity index (χ1v) is 11.9. The highest BCUT2D eigenvalue weighted by atomic mass is 16.6. The highest BCUT2D eigenvalue weighted by molar-refractivity contribution is 5.96. The van der Waals surface area contributed by atoms with Crippen LogP contribution in [0.1, 0.15) is 54.6 Å².